The van der Waals surface area contributed by atoms with E-state index in [2.05, 4.69) is 10.6 Å². The van der Waals surface area contributed by atoms with Gasteiger partial charge in [-0.2, -0.15) is 0 Å². The fraction of sp³-hybridized carbons (Fsp3) is 0.400. The van der Waals surface area contributed by atoms with Crippen molar-refractivity contribution >= 4 is 41.3 Å². The van der Waals surface area contributed by atoms with E-state index in [-0.39, 0.29) is 10.6 Å². The molecule has 0 unspecified atom stereocenters. The van der Waals surface area contributed by atoms with E-state index in [1.165, 1.54) is 11.8 Å². The van der Waals surface area contributed by atoms with Gasteiger partial charge in [-0.05, 0) is 45.2 Å². The highest BCUT2D eigenvalue weighted by Crippen LogP contribution is 2.23. The smallest absolute Gasteiger partial charge is 0.340 e. The molecular weight excluding hydrogens is 340 g/mol. The number of amides is 3. The lowest BCUT2D eigenvalue weighted by Crippen LogP contribution is -2.49. The van der Waals surface area contributed by atoms with Crippen LogP contribution in [0.25, 0.3) is 0 Å². The molecule has 0 atom stereocenters. The molecule has 2 N–H and O–H groups in total. The number of rotatable bonds is 4. The molecule has 1 aromatic carbocycles. The van der Waals surface area contributed by atoms with Crippen LogP contribution in [0, 0.1) is 0 Å². The van der Waals surface area contributed by atoms with Crippen LogP contribution < -0.4 is 10.6 Å². The van der Waals surface area contributed by atoms with Crippen LogP contribution in [0.15, 0.2) is 23.1 Å². The number of nitrogens with one attached hydrogen (secondary N) is 2. The summed E-state index contributed by atoms with van der Waals surface area (Å²) in [6, 6.07) is 4.29. The van der Waals surface area contributed by atoms with E-state index in [0.717, 1.165) is 4.90 Å². The first-order chi connectivity index (χ1) is 10.6. The summed E-state index contributed by atoms with van der Waals surface area (Å²) < 4.78 is 4.88. The molecule has 0 aliphatic carbocycles. The lowest BCUT2D eigenvalue weighted by molar-refractivity contribution is -0.123. The number of esters is 1. The van der Waals surface area contributed by atoms with Gasteiger partial charge in [-0.3, -0.25) is 10.1 Å². The molecule has 126 valence electrons. The Morgan fingerprint density at radius 3 is 2.48 bits per heavy atom. The van der Waals surface area contributed by atoms with Gasteiger partial charge in [-0.1, -0.05) is 11.6 Å². The van der Waals surface area contributed by atoms with Crippen LogP contribution in [0.1, 0.15) is 31.1 Å². The fourth-order valence-corrected chi connectivity index (χ4v) is 2.17. The van der Waals surface area contributed by atoms with Crippen LogP contribution in [0.4, 0.5) is 4.79 Å². The van der Waals surface area contributed by atoms with Crippen molar-refractivity contribution in [2.75, 3.05) is 12.9 Å². The molecule has 8 heteroatoms. The Hall–Kier alpha value is -1.73. The number of imide groups is 1. The average Bonchev–Trinajstić information content (AvgIpc) is 2.43. The molecule has 0 saturated heterocycles. The van der Waals surface area contributed by atoms with Crippen LogP contribution >= 0.6 is 23.4 Å². The topological polar surface area (TPSA) is 84.5 Å². The minimum absolute atomic E-state index is 0.172. The van der Waals surface area contributed by atoms with Gasteiger partial charge < -0.3 is 10.1 Å². The predicted octanol–water partition coefficient (Wildman–Crippen LogP) is 2.84. The number of hydrogen-bond acceptors (Lipinski definition) is 5. The first-order valence-corrected chi connectivity index (χ1v) is 8.35. The zero-order valence-corrected chi connectivity index (χ0v) is 14.9. The van der Waals surface area contributed by atoms with Crippen LogP contribution in [-0.4, -0.2) is 36.3 Å². The van der Waals surface area contributed by atoms with Crippen molar-refractivity contribution in [3.8, 4) is 0 Å². The summed E-state index contributed by atoms with van der Waals surface area (Å²) in [4.78, 5) is 35.9. The first kappa shape index (κ1) is 19.3. The number of urea groups is 1. The van der Waals surface area contributed by atoms with Crippen molar-refractivity contribution in [1.82, 2.24) is 10.6 Å². The van der Waals surface area contributed by atoms with E-state index in [0.29, 0.717) is 0 Å². The fourth-order valence-electron chi connectivity index (χ4n) is 1.53. The molecule has 0 spiro atoms. The van der Waals surface area contributed by atoms with Gasteiger partial charge in [0, 0.05) is 10.4 Å². The number of thioether (sulfide) groups is 1. The van der Waals surface area contributed by atoms with Crippen molar-refractivity contribution in [2.24, 2.45) is 0 Å². The maximum absolute atomic E-state index is 12.0. The lowest BCUT2D eigenvalue weighted by atomic mass is 10.1. The number of ether oxygens (including phenoxy) is 1. The highest BCUT2D eigenvalue weighted by Gasteiger charge is 2.18. The second-order valence-electron chi connectivity index (χ2n) is 5.67. The van der Waals surface area contributed by atoms with E-state index < -0.39 is 30.1 Å². The summed E-state index contributed by atoms with van der Waals surface area (Å²) in [5.41, 5.74) is -0.308. The number of carbonyl (C=O) groups is 3. The summed E-state index contributed by atoms with van der Waals surface area (Å²) in [5.74, 6) is -1.45. The van der Waals surface area contributed by atoms with E-state index in [1.807, 2.05) is 6.26 Å². The highest BCUT2D eigenvalue weighted by molar-refractivity contribution is 7.98. The van der Waals surface area contributed by atoms with E-state index in [9.17, 15) is 14.4 Å². The molecule has 0 bridgehead atoms. The van der Waals surface area contributed by atoms with Crippen molar-refractivity contribution in [1.29, 1.82) is 0 Å². The highest BCUT2D eigenvalue weighted by atomic mass is 35.5. The summed E-state index contributed by atoms with van der Waals surface area (Å²) in [7, 11) is 0. The summed E-state index contributed by atoms with van der Waals surface area (Å²) in [6.07, 6.45) is 1.86. The monoisotopic (exact) mass is 358 g/mol. The van der Waals surface area contributed by atoms with Gasteiger partial charge in [-0.15, -0.1) is 11.8 Å². The van der Waals surface area contributed by atoms with Crippen LogP contribution in [0.2, 0.25) is 5.02 Å². The molecule has 0 radical (unpaired) electrons. The minimum Gasteiger partial charge on any atom is -0.452 e. The molecule has 23 heavy (non-hydrogen) atoms. The maximum atomic E-state index is 12.0. The number of halogens is 1. The average molecular weight is 359 g/mol. The number of hydrogen-bond donors (Lipinski definition) is 2. The molecule has 1 rings (SSSR count). The Bertz CT molecular complexity index is 614. The normalized spacial score (nSPS) is 10.8. The molecular formula is C15H19ClN2O4S. The third kappa shape index (κ3) is 6.92. The molecule has 0 heterocycles. The molecule has 0 fully saturated rings. The lowest BCUT2D eigenvalue weighted by Gasteiger charge is -2.20. The van der Waals surface area contributed by atoms with Crippen molar-refractivity contribution < 1.29 is 19.1 Å². The van der Waals surface area contributed by atoms with Crippen LogP contribution in [0.5, 0.6) is 0 Å². The summed E-state index contributed by atoms with van der Waals surface area (Å²) >= 11 is 7.39. The largest absolute Gasteiger partial charge is 0.452 e. The number of benzene rings is 1. The zero-order valence-electron chi connectivity index (χ0n) is 13.4. The molecule has 0 aliphatic rings. The molecule has 0 aromatic heterocycles. The zero-order chi connectivity index (χ0) is 17.6. The van der Waals surface area contributed by atoms with Gasteiger partial charge in [0.15, 0.2) is 6.61 Å². The summed E-state index contributed by atoms with van der Waals surface area (Å²) in [5, 5.41) is 4.87. The second-order valence-corrected chi connectivity index (χ2v) is 6.96. The Kier molecular flexibility index (Phi) is 6.90. The standard InChI is InChI=1S/C15H19ClN2O4S/c1-15(2,3)18-14(21)17-12(19)8-22-13(20)10-7-9(23-4)5-6-11(10)16/h5-7H,8H2,1-4H3,(H2,17,18,19,21). The third-order valence-corrected chi connectivity index (χ3v) is 3.52. The van der Waals surface area contributed by atoms with Gasteiger partial charge in [0.1, 0.15) is 0 Å². The van der Waals surface area contributed by atoms with Gasteiger partial charge in [0.2, 0.25) is 0 Å². The van der Waals surface area contributed by atoms with Crippen molar-refractivity contribution in [2.45, 2.75) is 31.2 Å². The Balaban J connectivity index is 2.56. The van der Waals surface area contributed by atoms with Crippen molar-refractivity contribution in [3.63, 3.8) is 0 Å². The molecule has 6 nitrogen and oxygen atoms in total. The first-order valence-electron chi connectivity index (χ1n) is 6.75. The Morgan fingerprint density at radius 2 is 1.91 bits per heavy atom. The third-order valence-electron chi connectivity index (χ3n) is 2.47. The SMILES string of the molecule is CSc1ccc(Cl)c(C(=O)OCC(=O)NC(=O)NC(C)(C)C)c1. The predicted molar refractivity (Wildman–Crippen MR) is 89.9 cm³/mol. The summed E-state index contributed by atoms with van der Waals surface area (Å²) in [6.45, 7) is 4.75. The van der Waals surface area contributed by atoms with E-state index in [4.69, 9.17) is 16.3 Å². The molecule has 0 saturated carbocycles. The van der Waals surface area contributed by atoms with Gasteiger partial charge >= 0.3 is 12.0 Å². The second kappa shape index (κ2) is 8.21. The Morgan fingerprint density at radius 1 is 1.26 bits per heavy atom. The van der Waals surface area contributed by atoms with Crippen LogP contribution in [0.3, 0.4) is 0 Å². The van der Waals surface area contributed by atoms with Gasteiger partial charge in [-0.25, -0.2) is 9.59 Å². The number of carbonyl (C=O) groups excluding carboxylic acids is 3. The van der Waals surface area contributed by atoms with Crippen LogP contribution in [-0.2, 0) is 9.53 Å². The molecule has 1 aromatic rings. The molecule has 3 amide bonds. The Labute approximate surface area is 144 Å². The molecule has 0 aliphatic heterocycles. The minimum atomic E-state index is -0.725. The van der Waals surface area contributed by atoms with Crippen molar-refractivity contribution in [3.05, 3.63) is 28.8 Å². The quantitative estimate of drug-likeness (QED) is 0.638. The van der Waals surface area contributed by atoms with Gasteiger partial charge in [0.05, 0.1) is 10.6 Å². The maximum Gasteiger partial charge on any atom is 0.340 e. The van der Waals surface area contributed by atoms with E-state index in [1.54, 1.807) is 39.0 Å². The van der Waals surface area contributed by atoms with E-state index >= 15 is 0 Å². The van der Waals surface area contributed by atoms with Gasteiger partial charge in [0.25, 0.3) is 5.91 Å².